The molecule has 6 rings (SSSR count). The maximum absolute atomic E-state index is 13.2. The summed E-state index contributed by atoms with van der Waals surface area (Å²) < 4.78 is 7.05. The molecular formula is C28H28N4O6. The number of nitrogens with one attached hydrogen (secondary N) is 1. The number of benzene rings is 1. The van der Waals surface area contributed by atoms with Gasteiger partial charge in [-0.1, -0.05) is 6.07 Å². The van der Waals surface area contributed by atoms with Crippen molar-refractivity contribution in [2.45, 2.75) is 50.7 Å². The van der Waals surface area contributed by atoms with Gasteiger partial charge in [-0.2, -0.15) is 0 Å². The fraction of sp³-hybridized carbons (Fsp3) is 0.393. The standard InChI is InChI=1S/C28H28N4O6/c1-30-9-8-24-21(27(30)36)14-25(38-24)26(35)29-17-6-10-31(11-7-17)18-3-2-16-15-32(28(37)20(16)12-18)22-5-4-19(33)13-23(22)34/h2-3,8-9,12,14,17,22H,4-7,10-11,13,15H2,1H3,(H,29,35). The van der Waals surface area contributed by atoms with E-state index in [2.05, 4.69) is 10.2 Å². The van der Waals surface area contributed by atoms with Crippen molar-refractivity contribution in [3.05, 3.63) is 63.8 Å². The molecule has 3 aliphatic rings. The Labute approximate surface area is 218 Å². The van der Waals surface area contributed by atoms with E-state index in [0.29, 0.717) is 49.0 Å². The van der Waals surface area contributed by atoms with Crippen LogP contribution in [0.2, 0.25) is 0 Å². The number of aryl methyl sites for hydroxylation is 1. The predicted molar refractivity (Wildman–Crippen MR) is 138 cm³/mol. The van der Waals surface area contributed by atoms with Gasteiger partial charge in [-0.05, 0) is 43.0 Å². The van der Waals surface area contributed by atoms with Gasteiger partial charge in [0.1, 0.15) is 11.4 Å². The molecule has 38 heavy (non-hydrogen) atoms. The molecule has 0 spiro atoms. The highest BCUT2D eigenvalue weighted by atomic mass is 16.3. The molecule has 0 radical (unpaired) electrons. The quantitative estimate of drug-likeness (QED) is 0.528. The van der Waals surface area contributed by atoms with E-state index in [0.717, 1.165) is 24.1 Å². The third kappa shape index (κ3) is 4.19. The fourth-order valence-electron chi connectivity index (χ4n) is 5.73. The number of hydrogen-bond acceptors (Lipinski definition) is 7. The van der Waals surface area contributed by atoms with Crippen LogP contribution in [0, 0.1) is 0 Å². The Kier molecular flexibility index (Phi) is 5.89. The van der Waals surface area contributed by atoms with Crippen LogP contribution in [0.15, 0.2) is 45.7 Å². The Bertz CT molecular complexity index is 1540. The average Bonchev–Trinajstić information content (AvgIpc) is 3.49. The van der Waals surface area contributed by atoms with Crippen molar-refractivity contribution in [1.29, 1.82) is 0 Å². The van der Waals surface area contributed by atoms with Crippen LogP contribution in [0.3, 0.4) is 0 Å². The van der Waals surface area contributed by atoms with E-state index in [1.807, 2.05) is 18.2 Å². The van der Waals surface area contributed by atoms with Crippen molar-refractivity contribution in [3.63, 3.8) is 0 Å². The predicted octanol–water partition coefficient (Wildman–Crippen LogP) is 2.18. The first-order chi connectivity index (χ1) is 18.3. The number of piperidine rings is 1. The second-order valence-corrected chi connectivity index (χ2v) is 10.4. The number of pyridine rings is 1. The molecule has 10 nitrogen and oxygen atoms in total. The van der Waals surface area contributed by atoms with E-state index < -0.39 is 6.04 Å². The van der Waals surface area contributed by atoms with Crippen molar-refractivity contribution < 1.29 is 23.6 Å². The zero-order valence-corrected chi connectivity index (χ0v) is 21.1. The van der Waals surface area contributed by atoms with Gasteiger partial charge in [-0.15, -0.1) is 0 Å². The Morgan fingerprint density at radius 1 is 1.03 bits per heavy atom. The van der Waals surface area contributed by atoms with Crippen molar-refractivity contribution >= 4 is 40.0 Å². The van der Waals surface area contributed by atoms with Crippen LogP contribution in [-0.4, -0.2) is 58.0 Å². The average molecular weight is 517 g/mol. The smallest absolute Gasteiger partial charge is 0.287 e. The highest BCUT2D eigenvalue weighted by Gasteiger charge is 2.39. The highest BCUT2D eigenvalue weighted by Crippen LogP contribution is 2.32. The van der Waals surface area contributed by atoms with Crippen LogP contribution in [0.1, 0.15) is 58.6 Å². The van der Waals surface area contributed by atoms with Crippen LogP contribution in [0.5, 0.6) is 0 Å². The normalized spacial score (nSPS) is 20.3. The molecule has 1 atom stereocenters. The zero-order chi connectivity index (χ0) is 26.6. The van der Waals surface area contributed by atoms with Crippen molar-refractivity contribution in [1.82, 2.24) is 14.8 Å². The minimum Gasteiger partial charge on any atom is -0.451 e. The second-order valence-electron chi connectivity index (χ2n) is 10.4. The molecule has 196 valence electrons. The number of nitrogens with zero attached hydrogens (tertiary/aromatic N) is 3. The lowest BCUT2D eigenvalue weighted by Gasteiger charge is -2.34. The first-order valence-corrected chi connectivity index (χ1v) is 12.9. The largest absolute Gasteiger partial charge is 0.451 e. The lowest BCUT2D eigenvalue weighted by molar-refractivity contribution is -0.133. The number of Topliss-reactive ketones (excluding diaryl/α,β-unsaturated/α-hetero) is 2. The van der Waals surface area contributed by atoms with Gasteiger partial charge in [0.25, 0.3) is 17.4 Å². The zero-order valence-electron chi connectivity index (χ0n) is 21.1. The van der Waals surface area contributed by atoms with E-state index in [1.54, 1.807) is 24.2 Å². The molecule has 4 heterocycles. The molecule has 2 amide bonds. The monoisotopic (exact) mass is 516 g/mol. The summed E-state index contributed by atoms with van der Waals surface area (Å²) in [6, 6.07) is 8.43. The van der Waals surface area contributed by atoms with Gasteiger partial charge in [-0.25, -0.2) is 0 Å². The Balaban J connectivity index is 1.08. The maximum Gasteiger partial charge on any atom is 0.287 e. The summed E-state index contributed by atoms with van der Waals surface area (Å²) in [5, 5.41) is 3.39. The van der Waals surface area contributed by atoms with Crippen LogP contribution in [0.4, 0.5) is 5.69 Å². The molecule has 3 aromatic rings. The number of fused-ring (bicyclic) bond motifs is 2. The minimum atomic E-state index is -0.523. The fourth-order valence-corrected chi connectivity index (χ4v) is 5.73. The Hall–Kier alpha value is -4.21. The van der Waals surface area contributed by atoms with Crippen LogP contribution in [-0.2, 0) is 23.2 Å². The SMILES string of the molecule is Cn1ccc2oc(C(=O)NC3CCN(c4ccc5c(c4)C(=O)N(C4CCC(=O)CC4=O)C5)CC3)cc2c1=O. The number of amides is 2. The van der Waals surface area contributed by atoms with Crippen LogP contribution < -0.4 is 15.8 Å². The summed E-state index contributed by atoms with van der Waals surface area (Å²) >= 11 is 0. The molecule has 1 saturated carbocycles. The molecule has 2 aliphatic heterocycles. The molecule has 10 heteroatoms. The lowest BCUT2D eigenvalue weighted by Crippen LogP contribution is -2.45. The van der Waals surface area contributed by atoms with Crippen molar-refractivity contribution in [3.8, 4) is 0 Å². The number of carbonyl (C=O) groups excluding carboxylic acids is 4. The summed E-state index contributed by atoms with van der Waals surface area (Å²) in [6.07, 6.45) is 3.69. The molecule has 1 unspecified atom stereocenters. The minimum absolute atomic E-state index is 0.0404. The maximum atomic E-state index is 13.2. The number of hydrogen-bond donors (Lipinski definition) is 1. The molecule has 2 fully saturated rings. The van der Waals surface area contributed by atoms with E-state index >= 15 is 0 Å². The lowest BCUT2D eigenvalue weighted by atomic mass is 9.92. The first kappa shape index (κ1) is 24.1. The molecular weight excluding hydrogens is 488 g/mol. The third-order valence-electron chi connectivity index (χ3n) is 7.92. The topological polar surface area (TPSA) is 122 Å². The number of ketones is 2. The highest BCUT2D eigenvalue weighted by molar-refractivity contribution is 6.07. The van der Waals surface area contributed by atoms with Gasteiger partial charge in [0.05, 0.1) is 17.8 Å². The van der Waals surface area contributed by atoms with E-state index in [9.17, 15) is 24.0 Å². The number of aromatic nitrogens is 1. The second kappa shape index (κ2) is 9.27. The summed E-state index contributed by atoms with van der Waals surface area (Å²) in [5.41, 5.74) is 2.61. The van der Waals surface area contributed by atoms with Gasteiger partial charge < -0.3 is 24.1 Å². The molecule has 1 aliphatic carbocycles. The van der Waals surface area contributed by atoms with E-state index in [1.165, 1.54) is 10.6 Å². The van der Waals surface area contributed by atoms with Gasteiger partial charge in [0.15, 0.2) is 11.5 Å². The Morgan fingerprint density at radius 2 is 1.82 bits per heavy atom. The summed E-state index contributed by atoms with van der Waals surface area (Å²) in [5.74, 6) is -0.605. The molecule has 2 aromatic heterocycles. The van der Waals surface area contributed by atoms with Crippen molar-refractivity contribution in [2.24, 2.45) is 7.05 Å². The number of furan rings is 1. The summed E-state index contributed by atoms with van der Waals surface area (Å²) in [4.78, 5) is 66.0. The third-order valence-corrected chi connectivity index (χ3v) is 7.92. The molecule has 1 aromatic carbocycles. The van der Waals surface area contributed by atoms with Crippen molar-refractivity contribution in [2.75, 3.05) is 18.0 Å². The van der Waals surface area contributed by atoms with Gasteiger partial charge >= 0.3 is 0 Å². The Morgan fingerprint density at radius 3 is 2.58 bits per heavy atom. The first-order valence-electron chi connectivity index (χ1n) is 12.9. The number of rotatable bonds is 4. The summed E-state index contributed by atoms with van der Waals surface area (Å²) in [6.45, 7) is 1.79. The molecule has 0 bridgehead atoms. The summed E-state index contributed by atoms with van der Waals surface area (Å²) in [7, 11) is 1.65. The van der Waals surface area contributed by atoms with Gasteiger partial charge in [-0.3, -0.25) is 24.0 Å². The van der Waals surface area contributed by atoms with Crippen LogP contribution >= 0.6 is 0 Å². The molecule has 1 N–H and O–H groups in total. The number of carbonyl (C=O) groups is 4. The van der Waals surface area contributed by atoms with E-state index in [4.69, 9.17) is 4.42 Å². The van der Waals surface area contributed by atoms with Gasteiger partial charge in [0, 0.05) is 62.7 Å². The van der Waals surface area contributed by atoms with Crippen LogP contribution in [0.25, 0.3) is 11.0 Å². The molecule has 1 saturated heterocycles. The number of anilines is 1. The van der Waals surface area contributed by atoms with E-state index in [-0.39, 0.29) is 47.2 Å². The van der Waals surface area contributed by atoms with Gasteiger partial charge in [0.2, 0.25) is 0 Å².